The molecule has 0 aliphatic heterocycles. The summed E-state index contributed by atoms with van der Waals surface area (Å²) in [6.45, 7) is 0. The number of hydrogen-bond acceptors (Lipinski definition) is 6. The van der Waals surface area contributed by atoms with E-state index in [1.807, 2.05) is 0 Å². The fourth-order valence-corrected chi connectivity index (χ4v) is 4.53. The minimum Gasteiger partial charge on any atom is -0.454 e. The quantitative estimate of drug-likeness (QED) is 0.629. The van der Waals surface area contributed by atoms with Crippen LogP contribution in [-0.4, -0.2) is 28.1 Å². The van der Waals surface area contributed by atoms with Gasteiger partial charge in [-0.25, -0.2) is 16.8 Å². The summed E-state index contributed by atoms with van der Waals surface area (Å²) in [5, 5.41) is 0.320. The zero-order valence-electron chi connectivity index (χ0n) is 14.5. The average molecular weight is 439 g/mol. The zero-order chi connectivity index (χ0) is 20.4. The van der Waals surface area contributed by atoms with Gasteiger partial charge in [0, 0.05) is 12.3 Å². The summed E-state index contributed by atoms with van der Waals surface area (Å²) in [4.78, 5) is 3.74. The van der Waals surface area contributed by atoms with Gasteiger partial charge in [-0.05, 0) is 30.3 Å². The second kappa shape index (κ2) is 7.78. The fourth-order valence-electron chi connectivity index (χ4n) is 2.38. The van der Waals surface area contributed by atoms with Crippen molar-refractivity contribution in [1.29, 1.82) is 0 Å². The highest BCUT2D eigenvalue weighted by Gasteiger charge is 2.24. The van der Waals surface area contributed by atoms with Gasteiger partial charge in [-0.3, -0.25) is 9.71 Å². The van der Waals surface area contributed by atoms with Gasteiger partial charge in [0.25, 0.3) is 0 Å². The molecule has 10 heteroatoms. The van der Waals surface area contributed by atoms with E-state index in [0.717, 1.165) is 6.26 Å². The van der Waals surface area contributed by atoms with Gasteiger partial charge in [-0.15, -0.1) is 0 Å². The van der Waals surface area contributed by atoms with Crippen molar-refractivity contribution in [2.45, 2.75) is 9.79 Å². The van der Waals surface area contributed by atoms with E-state index >= 15 is 0 Å². The lowest BCUT2D eigenvalue weighted by Crippen LogP contribution is -2.11. The van der Waals surface area contributed by atoms with Gasteiger partial charge in [0.15, 0.2) is 0 Å². The van der Waals surface area contributed by atoms with Crippen LogP contribution in [0.15, 0.2) is 76.8 Å². The Balaban J connectivity index is 2.14. The van der Waals surface area contributed by atoms with Crippen molar-refractivity contribution < 1.29 is 21.6 Å². The maximum Gasteiger partial charge on any atom is 0.229 e. The first-order valence-electron chi connectivity index (χ1n) is 7.85. The molecule has 3 rings (SSSR count). The average Bonchev–Trinajstić information content (AvgIpc) is 2.62. The summed E-state index contributed by atoms with van der Waals surface area (Å²) in [5.74, 6) is 0.243. The largest absolute Gasteiger partial charge is 0.454 e. The van der Waals surface area contributed by atoms with E-state index in [0.29, 0.717) is 5.02 Å². The number of rotatable bonds is 6. The maximum absolute atomic E-state index is 13.1. The monoisotopic (exact) mass is 438 g/mol. The van der Waals surface area contributed by atoms with Gasteiger partial charge < -0.3 is 4.74 Å². The standard InChI is InChI=1S/C18H15ClN2O5S2/c1-27(22,23)21-14-7-8-17(26-15-9-13(19)11-20-12-15)18(10-14)28(24,25)16-5-3-2-4-6-16/h2-12,21H,1H3. The van der Waals surface area contributed by atoms with Crippen molar-refractivity contribution >= 4 is 37.1 Å². The van der Waals surface area contributed by atoms with E-state index in [9.17, 15) is 16.8 Å². The maximum atomic E-state index is 13.1. The number of pyridine rings is 1. The van der Waals surface area contributed by atoms with Gasteiger partial charge in [-0.1, -0.05) is 29.8 Å². The van der Waals surface area contributed by atoms with E-state index in [1.165, 1.54) is 48.8 Å². The lowest BCUT2D eigenvalue weighted by molar-refractivity contribution is 0.465. The Labute approximate surface area is 167 Å². The zero-order valence-corrected chi connectivity index (χ0v) is 16.9. The summed E-state index contributed by atoms with van der Waals surface area (Å²) in [6, 6.07) is 13.2. The third-order valence-electron chi connectivity index (χ3n) is 3.50. The first-order chi connectivity index (χ1) is 13.1. The van der Waals surface area contributed by atoms with Crippen molar-refractivity contribution in [2.24, 2.45) is 0 Å². The topological polar surface area (TPSA) is 102 Å². The number of aromatic nitrogens is 1. The second-order valence-electron chi connectivity index (χ2n) is 5.79. The molecule has 0 aliphatic carbocycles. The van der Waals surface area contributed by atoms with Crippen LogP contribution in [0.2, 0.25) is 5.02 Å². The Morgan fingerprint density at radius 1 is 0.964 bits per heavy atom. The van der Waals surface area contributed by atoms with Gasteiger partial charge in [0.1, 0.15) is 16.4 Å². The Morgan fingerprint density at radius 2 is 1.68 bits per heavy atom. The van der Waals surface area contributed by atoms with Crippen molar-refractivity contribution in [3.63, 3.8) is 0 Å². The van der Waals surface area contributed by atoms with E-state index < -0.39 is 19.9 Å². The SMILES string of the molecule is CS(=O)(=O)Nc1ccc(Oc2cncc(Cl)c2)c(S(=O)(=O)c2ccccc2)c1. The summed E-state index contributed by atoms with van der Waals surface area (Å²) in [5.41, 5.74) is 0.0913. The van der Waals surface area contributed by atoms with Crippen molar-refractivity contribution in [1.82, 2.24) is 4.98 Å². The minimum atomic E-state index is -3.99. The predicted molar refractivity (Wildman–Crippen MR) is 106 cm³/mol. The Hall–Kier alpha value is -2.62. The van der Waals surface area contributed by atoms with E-state index in [2.05, 4.69) is 9.71 Å². The van der Waals surface area contributed by atoms with Crippen molar-refractivity contribution in [3.05, 3.63) is 72.0 Å². The van der Waals surface area contributed by atoms with Crippen LogP contribution in [0.5, 0.6) is 11.5 Å². The normalized spacial score (nSPS) is 11.8. The number of ether oxygens (including phenoxy) is 1. The lowest BCUT2D eigenvalue weighted by atomic mass is 10.3. The van der Waals surface area contributed by atoms with Crippen LogP contribution in [0.3, 0.4) is 0 Å². The van der Waals surface area contributed by atoms with Crippen LogP contribution in [0.25, 0.3) is 0 Å². The van der Waals surface area contributed by atoms with Crippen molar-refractivity contribution in [3.8, 4) is 11.5 Å². The minimum absolute atomic E-state index is 0.00645. The molecular weight excluding hydrogens is 424 g/mol. The van der Waals surface area contributed by atoms with E-state index in [4.69, 9.17) is 16.3 Å². The molecule has 1 heterocycles. The molecular formula is C18H15ClN2O5S2. The highest BCUT2D eigenvalue weighted by atomic mass is 35.5. The smallest absolute Gasteiger partial charge is 0.229 e. The first-order valence-corrected chi connectivity index (χ1v) is 11.6. The molecule has 2 aromatic carbocycles. The summed E-state index contributed by atoms with van der Waals surface area (Å²) < 4.78 is 57.3. The molecule has 7 nitrogen and oxygen atoms in total. The molecule has 0 saturated carbocycles. The molecule has 0 unspecified atom stereocenters. The van der Waals surface area contributed by atoms with Crippen LogP contribution in [0, 0.1) is 0 Å². The van der Waals surface area contributed by atoms with Crippen molar-refractivity contribution in [2.75, 3.05) is 11.0 Å². The second-order valence-corrected chi connectivity index (χ2v) is 9.90. The Morgan fingerprint density at radius 3 is 2.32 bits per heavy atom. The molecule has 146 valence electrons. The predicted octanol–water partition coefficient (Wildman–Crippen LogP) is 3.73. The molecule has 0 aliphatic rings. The molecule has 3 aromatic rings. The number of sulfonamides is 1. The number of benzene rings is 2. The van der Waals surface area contributed by atoms with Crippen LogP contribution in [0.1, 0.15) is 0 Å². The van der Waals surface area contributed by atoms with Gasteiger partial charge in [0.05, 0.1) is 28.1 Å². The first kappa shape index (κ1) is 20.1. The Bertz CT molecular complexity index is 1210. The highest BCUT2D eigenvalue weighted by molar-refractivity contribution is 7.92. The molecule has 0 bridgehead atoms. The van der Waals surface area contributed by atoms with Crippen LogP contribution in [0.4, 0.5) is 5.69 Å². The fraction of sp³-hybridized carbons (Fsp3) is 0.0556. The van der Waals surface area contributed by atoms with E-state index in [1.54, 1.807) is 18.2 Å². The number of anilines is 1. The molecule has 1 N–H and O–H groups in total. The number of hydrogen-bond donors (Lipinski definition) is 1. The number of sulfone groups is 1. The number of nitrogens with zero attached hydrogens (tertiary/aromatic N) is 1. The molecule has 0 amide bonds. The summed E-state index contributed by atoms with van der Waals surface area (Å²) >= 11 is 5.90. The van der Waals surface area contributed by atoms with Crippen LogP contribution < -0.4 is 9.46 Å². The van der Waals surface area contributed by atoms with Gasteiger partial charge >= 0.3 is 0 Å². The Kier molecular flexibility index (Phi) is 5.59. The third-order valence-corrected chi connectivity index (χ3v) is 6.10. The van der Waals surface area contributed by atoms with Crippen LogP contribution in [-0.2, 0) is 19.9 Å². The molecule has 0 spiro atoms. The molecule has 0 fully saturated rings. The molecule has 28 heavy (non-hydrogen) atoms. The van der Waals surface area contributed by atoms with Gasteiger partial charge in [0.2, 0.25) is 19.9 Å². The number of nitrogens with one attached hydrogen (secondary N) is 1. The third kappa shape index (κ3) is 4.80. The molecule has 0 saturated heterocycles. The van der Waals surface area contributed by atoms with Gasteiger partial charge in [-0.2, -0.15) is 0 Å². The molecule has 0 atom stereocenters. The highest BCUT2D eigenvalue weighted by Crippen LogP contribution is 2.35. The molecule has 0 radical (unpaired) electrons. The number of halogens is 1. The van der Waals surface area contributed by atoms with E-state index in [-0.39, 0.29) is 27.0 Å². The lowest BCUT2D eigenvalue weighted by Gasteiger charge is -2.14. The summed E-state index contributed by atoms with van der Waals surface area (Å²) in [6.07, 6.45) is 3.77. The summed E-state index contributed by atoms with van der Waals surface area (Å²) in [7, 11) is -7.59. The molecule has 1 aromatic heterocycles. The van der Waals surface area contributed by atoms with Crippen LogP contribution >= 0.6 is 11.6 Å².